The van der Waals surface area contributed by atoms with Crippen molar-refractivity contribution in [1.29, 1.82) is 0 Å². The number of para-hydroxylation sites is 2. The number of anilines is 1. The lowest BCUT2D eigenvalue weighted by molar-refractivity contribution is 0.474. The highest BCUT2D eigenvalue weighted by Crippen LogP contribution is 2.32. The van der Waals surface area contributed by atoms with E-state index in [0.29, 0.717) is 0 Å². The first-order chi connectivity index (χ1) is 9.43. The molecule has 0 saturated heterocycles. The number of hydrogen-bond donors (Lipinski definition) is 1. The fraction of sp³-hybridized carbons (Fsp3) is 0.588. The molecule has 1 atom stereocenters. The third-order valence-electron chi connectivity index (χ3n) is 4.42. The van der Waals surface area contributed by atoms with E-state index in [1.807, 2.05) is 0 Å². The Hall–Kier alpha value is -1.31. The average Bonchev–Trinajstić information content (AvgIpc) is 2.49. The van der Waals surface area contributed by atoms with Crippen molar-refractivity contribution in [3.05, 3.63) is 24.3 Å². The number of rotatable bonds is 0. The summed E-state index contributed by atoms with van der Waals surface area (Å²) in [4.78, 5) is 5.02. The molecule has 0 radical (unpaired) electrons. The van der Waals surface area contributed by atoms with Gasteiger partial charge in [0.05, 0.1) is 11.4 Å². The quantitative estimate of drug-likeness (QED) is 0.699. The van der Waals surface area contributed by atoms with Gasteiger partial charge in [0.1, 0.15) is 0 Å². The molecule has 1 saturated carbocycles. The monoisotopic (exact) mass is 256 g/mol. The Morgan fingerprint density at radius 2 is 1.79 bits per heavy atom. The third-order valence-corrected chi connectivity index (χ3v) is 4.42. The average molecular weight is 256 g/mol. The van der Waals surface area contributed by atoms with Crippen molar-refractivity contribution in [3.63, 3.8) is 0 Å². The summed E-state index contributed by atoms with van der Waals surface area (Å²) in [6.07, 6.45) is 10.6. The first kappa shape index (κ1) is 12.7. The highest BCUT2D eigenvalue weighted by atomic mass is 14.9. The molecule has 0 spiro atoms. The van der Waals surface area contributed by atoms with Gasteiger partial charge in [-0.05, 0) is 50.2 Å². The van der Waals surface area contributed by atoms with Gasteiger partial charge in [0.2, 0.25) is 0 Å². The zero-order valence-corrected chi connectivity index (χ0v) is 11.7. The lowest BCUT2D eigenvalue weighted by atomic mass is 9.83. The zero-order valence-electron chi connectivity index (χ0n) is 11.7. The van der Waals surface area contributed by atoms with Crippen LogP contribution in [0.4, 0.5) is 11.4 Å². The van der Waals surface area contributed by atoms with Gasteiger partial charge in [-0.2, -0.15) is 0 Å². The van der Waals surface area contributed by atoms with Gasteiger partial charge in [-0.1, -0.05) is 31.4 Å². The molecular weight excluding hydrogens is 232 g/mol. The summed E-state index contributed by atoms with van der Waals surface area (Å²) >= 11 is 0. The van der Waals surface area contributed by atoms with Crippen molar-refractivity contribution in [2.45, 2.75) is 51.4 Å². The molecule has 1 unspecified atom stereocenters. The summed E-state index contributed by atoms with van der Waals surface area (Å²) in [6, 6.07) is 8.51. The number of nitrogens with one attached hydrogen (secondary N) is 1. The van der Waals surface area contributed by atoms with Crippen LogP contribution in [-0.4, -0.2) is 12.3 Å². The predicted molar refractivity (Wildman–Crippen MR) is 82.5 cm³/mol. The molecule has 1 heterocycles. The van der Waals surface area contributed by atoms with E-state index < -0.39 is 0 Å². The largest absolute Gasteiger partial charge is 0.383 e. The minimum absolute atomic E-state index is 0.750. The molecule has 2 heteroatoms. The summed E-state index contributed by atoms with van der Waals surface area (Å²) in [6.45, 7) is 1.08. The Balaban J connectivity index is 1.92. The van der Waals surface area contributed by atoms with Crippen LogP contribution >= 0.6 is 0 Å². The SMILES string of the molecule is c1ccc2c(c1)N=C1CCCCC1CCCCCN2. The first-order valence-electron chi connectivity index (χ1n) is 7.84. The maximum absolute atomic E-state index is 5.02. The molecule has 1 aromatic rings. The Bertz CT molecular complexity index is 450. The van der Waals surface area contributed by atoms with E-state index in [9.17, 15) is 0 Å². The van der Waals surface area contributed by atoms with Crippen LogP contribution in [0.5, 0.6) is 0 Å². The summed E-state index contributed by atoms with van der Waals surface area (Å²) in [7, 11) is 0. The van der Waals surface area contributed by atoms with Crippen LogP contribution in [0.2, 0.25) is 0 Å². The van der Waals surface area contributed by atoms with Gasteiger partial charge in [-0.25, -0.2) is 0 Å². The van der Waals surface area contributed by atoms with Crippen LogP contribution in [-0.2, 0) is 0 Å². The van der Waals surface area contributed by atoms with Crippen molar-refractivity contribution in [3.8, 4) is 0 Å². The van der Waals surface area contributed by atoms with Crippen molar-refractivity contribution in [2.75, 3.05) is 11.9 Å². The fourth-order valence-electron chi connectivity index (χ4n) is 3.32. The molecule has 0 aromatic heterocycles. The first-order valence-corrected chi connectivity index (χ1v) is 7.84. The second-order valence-corrected chi connectivity index (χ2v) is 5.84. The van der Waals surface area contributed by atoms with Gasteiger partial charge in [0.25, 0.3) is 0 Å². The van der Waals surface area contributed by atoms with Crippen molar-refractivity contribution >= 4 is 17.1 Å². The number of benzene rings is 1. The van der Waals surface area contributed by atoms with E-state index in [2.05, 4.69) is 29.6 Å². The molecule has 2 aliphatic rings. The van der Waals surface area contributed by atoms with E-state index in [1.54, 1.807) is 0 Å². The van der Waals surface area contributed by atoms with Crippen LogP contribution in [0.1, 0.15) is 51.4 Å². The third kappa shape index (κ3) is 3.17. The second-order valence-electron chi connectivity index (χ2n) is 5.84. The molecule has 1 fully saturated rings. The van der Waals surface area contributed by atoms with Crippen molar-refractivity contribution in [1.82, 2.24) is 0 Å². The van der Waals surface area contributed by atoms with Crippen molar-refractivity contribution in [2.24, 2.45) is 10.9 Å². The molecule has 102 valence electrons. The van der Waals surface area contributed by atoms with E-state index in [0.717, 1.165) is 18.2 Å². The lowest BCUT2D eigenvalue weighted by Crippen LogP contribution is -2.19. The zero-order chi connectivity index (χ0) is 12.9. The highest BCUT2D eigenvalue weighted by Gasteiger charge is 2.20. The van der Waals surface area contributed by atoms with Crippen LogP contribution in [0.3, 0.4) is 0 Å². The Labute approximate surface area is 116 Å². The molecule has 2 nitrogen and oxygen atoms in total. The Morgan fingerprint density at radius 3 is 2.74 bits per heavy atom. The van der Waals surface area contributed by atoms with E-state index in [-0.39, 0.29) is 0 Å². The lowest BCUT2D eigenvalue weighted by Gasteiger charge is -2.24. The number of aliphatic imine (C=N–C) groups is 1. The molecule has 1 aromatic carbocycles. The van der Waals surface area contributed by atoms with E-state index in [4.69, 9.17) is 4.99 Å². The summed E-state index contributed by atoms with van der Waals surface area (Å²) in [5.41, 5.74) is 3.81. The van der Waals surface area contributed by atoms with Gasteiger partial charge in [0.15, 0.2) is 0 Å². The minimum atomic E-state index is 0.750. The Kier molecular flexibility index (Phi) is 4.16. The summed E-state index contributed by atoms with van der Waals surface area (Å²) in [5.74, 6) is 0.750. The van der Waals surface area contributed by atoms with Gasteiger partial charge in [-0.15, -0.1) is 0 Å². The second kappa shape index (κ2) is 6.23. The van der Waals surface area contributed by atoms with Crippen LogP contribution in [0.15, 0.2) is 29.3 Å². The van der Waals surface area contributed by atoms with Gasteiger partial charge in [0, 0.05) is 12.3 Å². The number of hydrogen-bond acceptors (Lipinski definition) is 2. The predicted octanol–water partition coefficient (Wildman–Crippen LogP) is 4.94. The van der Waals surface area contributed by atoms with Crippen molar-refractivity contribution < 1.29 is 0 Å². The van der Waals surface area contributed by atoms with E-state index in [1.165, 1.54) is 62.8 Å². The standard InChI is InChI=1S/C17H24N2/c1-2-8-14-9-3-4-10-15(14)19-17-12-6-5-11-16(17)18-13-7-1/h5-6,11-12,14,18H,1-4,7-10,13H2. The molecule has 19 heavy (non-hydrogen) atoms. The maximum Gasteiger partial charge on any atom is 0.0860 e. The van der Waals surface area contributed by atoms with Crippen LogP contribution in [0, 0.1) is 5.92 Å². The topological polar surface area (TPSA) is 24.4 Å². The van der Waals surface area contributed by atoms with Gasteiger partial charge >= 0.3 is 0 Å². The normalized spacial score (nSPS) is 24.2. The van der Waals surface area contributed by atoms with E-state index >= 15 is 0 Å². The molecular formula is C17H24N2. The van der Waals surface area contributed by atoms with Crippen LogP contribution < -0.4 is 5.32 Å². The number of fused-ring (bicyclic) bond motifs is 2. The van der Waals surface area contributed by atoms with Gasteiger partial charge < -0.3 is 5.32 Å². The Morgan fingerprint density at radius 1 is 0.947 bits per heavy atom. The van der Waals surface area contributed by atoms with Crippen LogP contribution in [0.25, 0.3) is 0 Å². The molecule has 1 N–H and O–H groups in total. The highest BCUT2D eigenvalue weighted by molar-refractivity contribution is 5.91. The fourth-order valence-corrected chi connectivity index (χ4v) is 3.32. The smallest absolute Gasteiger partial charge is 0.0860 e. The maximum atomic E-state index is 5.02. The molecule has 1 aliphatic heterocycles. The van der Waals surface area contributed by atoms with Gasteiger partial charge in [-0.3, -0.25) is 4.99 Å². The molecule has 3 rings (SSSR count). The molecule has 0 bridgehead atoms. The number of nitrogens with zero attached hydrogens (tertiary/aromatic N) is 1. The molecule has 0 amide bonds. The summed E-state index contributed by atoms with van der Waals surface area (Å²) in [5, 5.41) is 3.55. The molecule has 1 aliphatic carbocycles. The summed E-state index contributed by atoms with van der Waals surface area (Å²) < 4.78 is 0. The minimum Gasteiger partial charge on any atom is -0.383 e.